The van der Waals surface area contributed by atoms with Crippen LogP contribution in [0.5, 0.6) is 0 Å². The number of hydrogen-bond donors (Lipinski definition) is 1. The van der Waals surface area contributed by atoms with Crippen molar-refractivity contribution in [1.29, 1.82) is 0 Å². The Balaban J connectivity index is 1.65. The summed E-state index contributed by atoms with van der Waals surface area (Å²) >= 11 is 0. The Kier molecular flexibility index (Phi) is 3.46. The molecule has 0 bridgehead atoms. The number of rotatable bonds is 3. The molecule has 1 N–H and O–H groups in total. The summed E-state index contributed by atoms with van der Waals surface area (Å²) in [6.07, 6.45) is 1.45. The largest absolute Gasteiger partial charge is 0.396 e. The minimum absolute atomic E-state index is 0.0367. The van der Waals surface area contributed by atoms with Gasteiger partial charge in [0.2, 0.25) is 5.91 Å². The third kappa shape index (κ3) is 2.42. The summed E-state index contributed by atoms with van der Waals surface area (Å²) in [6, 6.07) is 3.53. The highest BCUT2D eigenvalue weighted by Gasteiger charge is 2.47. The van der Waals surface area contributed by atoms with Crippen molar-refractivity contribution in [2.45, 2.75) is 18.8 Å². The van der Waals surface area contributed by atoms with Crippen molar-refractivity contribution >= 4 is 5.91 Å². The fraction of sp³-hybridized carbons (Fsp3) is 0.533. The van der Waals surface area contributed by atoms with E-state index in [1.54, 1.807) is 4.90 Å². The van der Waals surface area contributed by atoms with Gasteiger partial charge in [-0.1, -0.05) is 6.07 Å². The van der Waals surface area contributed by atoms with E-state index in [4.69, 9.17) is 5.11 Å². The van der Waals surface area contributed by atoms with Gasteiger partial charge in [-0.2, -0.15) is 0 Å². The number of amides is 1. The zero-order valence-corrected chi connectivity index (χ0v) is 11.1. The van der Waals surface area contributed by atoms with Crippen molar-refractivity contribution in [2.75, 3.05) is 19.7 Å². The normalized spacial score (nSPS) is 28.8. The van der Waals surface area contributed by atoms with E-state index in [0.29, 0.717) is 25.1 Å². The smallest absolute Gasteiger partial charge is 0.226 e. The number of likely N-dealkylation sites (tertiary alicyclic amines) is 1. The third-order valence-electron chi connectivity index (χ3n) is 4.33. The summed E-state index contributed by atoms with van der Waals surface area (Å²) in [6.45, 7) is 1.36. The molecule has 3 unspecified atom stereocenters. The lowest BCUT2D eigenvalue weighted by molar-refractivity contribution is -0.131. The lowest BCUT2D eigenvalue weighted by atomic mass is 10.1. The van der Waals surface area contributed by atoms with E-state index in [1.807, 2.05) is 0 Å². The van der Waals surface area contributed by atoms with Gasteiger partial charge in [0.15, 0.2) is 0 Å². The molecule has 3 atom stereocenters. The Hall–Kier alpha value is -1.49. The number of halogens is 2. The molecule has 1 heterocycles. The predicted octanol–water partition coefficient (Wildman–Crippen LogP) is 1.91. The minimum Gasteiger partial charge on any atom is -0.396 e. The van der Waals surface area contributed by atoms with Gasteiger partial charge in [-0.05, 0) is 30.4 Å². The van der Waals surface area contributed by atoms with Crippen LogP contribution in [0.25, 0.3) is 0 Å². The van der Waals surface area contributed by atoms with Gasteiger partial charge < -0.3 is 10.0 Å². The van der Waals surface area contributed by atoms with Crippen LogP contribution in [-0.4, -0.2) is 35.6 Å². The lowest BCUT2D eigenvalue weighted by Gasteiger charge is -2.16. The van der Waals surface area contributed by atoms with Gasteiger partial charge >= 0.3 is 0 Å². The summed E-state index contributed by atoms with van der Waals surface area (Å²) in [5, 5.41) is 9.09. The van der Waals surface area contributed by atoms with Gasteiger partial charge in [0, 0.05) is 37.6 Å². The molecule has 5 heteroatoms. The Labute approximate surface area is 116 Å². The van der Waals surface area contributed by atoms with E-state index in [-0.39, 0.29) is 30.3 Å². The summed E-state index contributed by atoms with van der Waals surface area (Å²) in [4.78, 5) is 14.0. The third-order valence-corrected chi connectivity index (χ3v) is 4.33. The first-order valence-electron chi connectivity index (χ1n) is 6.94. The molecule has 3 nitrogen and oxygen atoms in total. The van der Waals surface area contributed by atoms with Crippen LogP contribution < -0.4 is 0 Å². The summed E-state index contributed by atoms with van der Waals surface area (Å²) in [7, 11) is 0. The molecular formula is C15H17F2NO2. The number of aliphatic hydroxyl groups excluding tert-OH is 1. The topological polar surface area (TPSA) is 40.5 Å². The Morgan fingerprint density at radius 3 is 2.85 bits per heavy atom. The van der Waals surface area contributed by atoms with Crippen LogP contribution in [0.1, 0.15) is 24.3 Å². The van der Waals surface area contributed by atoms with Crippen molar-refractivity contribution in [3.63, 3.8) is 0 Å². The van der Waals surface area contributed by atoms with E-state index in [2.05, 4.69) is 0 Å². The van der Waals surface area contributed by atoms with Gasteiger partial charge in [-0.15, -0.1) is 0 Å². The molecule has 1 aliphatic heterocycles. The van der Waals surface area contributed by atoms with Crippen molar-refractivity contribution < 1.29 is 18.7 Å². The van der Waals surface area contributed by atoms with Gasteiger partial charge in [0.1, 0.15) is 11.6 Å². The first-order valence-corrected chi connectivity index (χ1v) is 6.94. The van der Waals surface area contributed by atoms with E-state index in [0.717, 1.165) is 12.5 Å². The molecule has 0 radical (unpaired) electrons. The molecule has 1 saturated heterocycles. The van der Waals surface area contributed by atoms with Gasteiger partial charge in [0.25, 0.3) is 0 Å². The quantitative estimate of drug-likeness (QED) is 0.919. The molecule has 1 aromatic carbocycles. The number of carbonyl (C=O) groups is 1. The first-order chi connectivity index (χ1) is 9.60. The number of hydrogen-bond acceptors (Lipinski definition) is 2. The highest BCUT2D eigenvalue weighted by Crippen LogP contribution is 2.49. The molecule has 1 aromatic rings. The predicted molar refractivity (Wildman–Crippen MR) is 69.0 cm³/mol. The van der Waals surface area contributed by atoms with Crippen LogP contribution in [0.2, 0.25) is 0 Å². The van der Waals surface area contributed by atoms with Crippen molar-refractivity contribution in [3.8, 4) is 0 Å². The van der Waals surface area contributed by atoms with Crippen LogP contribution in [0.3, 0.4) is 0 Å². The van der Waals surface area contributed by atoms with Crippen LogP contribution in [-0.2, 0) is 4.79 Å². The monoisotopic (exact) mass is 281 g/mol. The average molecular weight is 281 g/mol. The molecule has 1 saturated carbocycles. The van der Waals surface area contributed by atoms with E-state index < -0.39 is 11.6 Å². The number of benzene rings is 1. The molecule has 3 rings (SSSR count). The fourth-order valence-corrected chi connectivity index (χ4v) is 3.03. The van der Waals surface area contributed by atoms with Crippen molar-refractivity contribution in [3.05, 3.63) is 35.4 Å². The summed E-state index contributed by atoms with van der Waals surface area (Å²) < 4.78 is 26.5. The highest BCUT2D eigenvalue weighted by atomic mass is 19.1. The van der Waals surface area contributed by atoms with E-state index >= 15 is 0 Å². The molecule has 0 aromatic heterocycles. The molecule has 2 fully saturated rings. The zero-order valence-electron chi connectivity index (χ0n) is 11.1. The standard InChI is InChI=1S/C15H17F2NO2/c16-10-1-2-11(14(17)5-10)12-6-13(12)15(20)18-4-3-9(7-18)8-19/h1-2,5,9,12-13,19H,3-4,6-8H2. The second kappa shape index (κ2) is 5.13. The lowest BCUT2D eigenvalue weighted by Crippen LogP contribution is -2.30. The number of nitrogens with zero attached hydrogens (tertiary/aromatic N) is 1. The van der Waals surface area contributed by atoms with Crippen molar-refractivity contribution in [2.24, 2.45) is 11.8 Å². The fourth-order valence-electron chi connectivity index (χ4n) is 3.03. The van der Waals surface area contributed by atoms with Crippen LogP contribution in [0.15, 0.2) is 18.2 Å². The second-order valence-electron chi connectivity index (χ2n) is 5.74. The Bertz CT molecular complexity index is 535. The van der Waals surface area contributed by atoms with Crippen LogP contribution >= 0.6 is 0 Å². The molecule has 1 amide bonds. The van der Waals surface area contributed by atoms with Gasteiger partial charge in [0.05, 0.1) is 0 Å². The Morgan fingerprint density at radius 1 is 1.40 bits per heavy atom. The van der Waals surface area contributed by atoms with Crippen LogP contribution in [0.4, 0.5) is 8.78 Å². The number of carbonyl (C=O) groups excluding carboxylic acids is 1. The summed E-state index contributed by atoms with van der Waals surface area (Å²) in [5.41, 5.74) is 0.433. The maximum absolute atomic E-state index is 13.7. The molecule has 108 valence electrons. The molecule has 20 heavy (non-hydrogen) atoms. The molecule has 2 aliphatic rings. The highest BCUT2D eigenvalue weighted by molar-refractivity contribution is 5.83. The molecule has 0 spiro atoms. The maximum atomic E-state index is 13.7. The zero-order chi connectivity index (χ0) is 14.3. The first kappa shape index (κ1) is 13.5. The van der Waals surface area contributed by atoms with Crippen LogP contribution in [0, 0.1) is 23.5 Å². The SMILES string of the molecule is O=C(C1CC1c1ccc(F)cc1F)N1CCC(CO)C1. The summed E-state index contributed by atoms with van der Waals surface area (Å²) in [5.74, 6) is -1.28. The van der Waals surface area contributed by atoms with E-state index in [1.165, 1.54) is 12.1 Å². The average Bonchev–Trinajstić information content (AvgIpc) is 3.06. The van der Waals surface area contributed by atoms with Gasteiger partial charge in [-0.25, -0.2) is 8.78 Å². The number of aliphatic hydroxyl groups is 1. The molecular weight excluding hydrogens is 264 g/mol. The minimum atomic E-state index is -0.597. The van der Waals surface area contributed by atoms with Crippen molar-refractivity contribution in [1.82, 2.24) is 4.90 Å². The van der Waals surface area contributed by atoms with E-state index in [9.17, 15) is 13.6 Å². The Morgan fingerprint density at radius 2 is 2.20 bits per heavy atom. The molecule has 1 aliphatic carbocycles. The maximum Gasteiger partial charge on any atom is 0.226 e. The van der Waals surface area contributed by atoms with Gasteiger partial charge in [-0.3, -0.25) is 4.79 Å². The second-order valence-corrected chi connectivity index (χ2v) is 5.74.